The summed E-state index contributed by atoms with van der Waals surface area (Å²) in [7, 11) is 0. The fourth-order valence-electron chi connectivity index (χ4n) is 3.63. The van der Waals surface area contributed by atoms with Crippen molar-refractivity contribution in [3.05, 3.63) is 65.3 Å². The molecule has 0 aliphatic carbocycles. The van der Waals surface area contributed by atoms with Gasteiger partial charge in [0.25, 0.3) is 5.91 Å². The summed E-state index contributed by atoms with van der Waals surface area (Å²) in [5, 5.41) is 6.94. The first-order chi connectivity index (χ1) is 15.4. The molecule has 0 radical (unpaired) electrons. The molecule has 3 aromatic rings. The van der Waals surface area contributed by atoms with Gasteiger partial charge in [-0.15, -0.1) is 0 Å². The van der Waals surface area contributed by atoms with Gasteiger partial charge in [-0.2, -0.15) is 0 Å². The van der Waals surface area contributed by atoms with Gasteiger partial charge < -0.3 is 25.4 Å². The van der Waals surface area contributed by atoms with Gasteiger partial charge in [0.05, 0.1) is 0 Å². The molecule has 1 saturated heterocycles. The van der Waals surface area contributed by atoms with Crippen molar-refractivity contribution in [2.45, 2.75) is 13.0 Å². The lowest BCUT2D eigenvalue weighted by molar-refractivity contribution is -0.117. The lowest BCUT2D eigenvalue weighted by atomic mass is 10.2. The molecule has 1 unspecified atom stereocenters. The average Bonchev–Trinajstić information content (AvgIpc) is 3.23. The Hall–Kier alpha value is -3.52. The molecule has 32 heavy (non-hydrogen) atoms. The summed E-state index contributed by atoms with van der Waals surface area (Å²) in [6, 6.07) is 15.3. The summed E-state index contributed by atoms with van der Waals surface area (Å²) in [4.78, 5) is 44.3. The van der Waals surface area contributed by atoms with Crippen LogP contribution in [0.25, 0.3) is 10.9 Å². The Balaban J connectivity index is 1.28. The Bertz CT molecular complexity index is 1120. The SMILES string of the molecule is CC(NC(=O)N1CCN(C(=O)c2cc3ccccc3[nH]2)CC1)C(=O)Nc1cccc(Cl)c1. The fraction of sp³-hybridized carbons (Fsp3) is 0.261. The molecule has 2 heterocycles. The number of para-hydroxylation sites is 1. The number of halogens is 1. The molecule has 0 spiro atoms. The molecule has 2 aromatic carbocycles. The van der Waals surface area contributed by atoms with Gasteiger partial charge in [0.2, 0.25) is 5.91 Å². The lowest BCUT2D eigenvalue weighted by Crippen LogP contribution is -2.55. The summed E-state index contributed by atoms with van der Waals surface area (Å²) in [6.45, 7) is 3.24. The third-order valence-corrected chi connectivity index (χ3v) is 5.67. The molecule has 9 heteroatoms. The molecule has 1 aliphatic rings. The van der Waals surface area contributed by atoms with Crippen molar-refractivity contribution < 1.29 is 14.4 Å². The van der Waals surface area contributed by atoms with E-state index in [-0.39, 0.29) is 17.8 Å². The van der Waals surface area contributed by atoms with E-state index in [0.29, 0.717) is 42.6 Å². The van der Waals surface area contributed by atoms with Gasteiger partial charge in [0, 0.05) is 47.8 Å². The summed E-state index contributed by atoms with van der Waals surface area (Å²) < 4.78 is 0. The number of benzene rings is 2. The maximum atomic E-state index is 12.8. The number of hydrogen-bond donors (Lipinski definition) is 3. The highest BCUT2D eigenvalue weighted by molar-refractivity contribution is 6.30. The standard InChI is InChI=1S/C23H24ClN5O3/c1-15(21(30)26-18-7-4-6-17(24)14-18)25-23(32)29-11-9-28(10-12-29)22(31)20-13-16-5-2-3-8-19(16)27-20/h2-8,13-15,27H,9-12H2,1H3,(H,25,32)(H,26,30). The van der Waals surface area contributed by atoms with E-state index in [2.05, 4.69) is 15.6 Å². The van der Waals surface area contributed by atoms with Crippen molar-refractivity contribution in [3.63, 3.8) is 0 Å². The van der Waals surface area contributed by atoms with Crippen LogP contribution in [0.15, 0.2) is 54.6 Å². The van der Waals surface area contributed by atoms with Crippen LogP contribution >= 0.6 is 11.6 Å². The molecular weight excluding hydrogens is 430 g/mol. The summed E-state index contributed by atoms with van der Waals surface area (Å²) in [5.74, 6) is -0.427. The van der Waals surface area contributed by atoms with Crippen LogP contribution in [0.3, 0.4) is 0 Å². The van der Waals surface area contributed by atoms with E-state index < -0.39 is 6.04 Å². The monoisotopic (exact) mass is 453 g/mol. The van der Waals surface area contributed by atoms with Crippen LogP contribution in [0.4, 0.5) is 10.5 Å². The molecule has 0 bridgehead atoms. The van der Waals surface area contributed by atoms with E-state index in [0.717, 1.165) is 10.9 Å². The molecule has 3 N–H and O–H groups in total. The number of H-pyrrole nitrogens is 1. The highest BCUT2D eigenvalue weighted by Crippen LogP contribution is 2.17. The minimum absolute atomic E-state index is 0.0875. The number of aromatic nitrogens is 1. The minimum Gasteiger partial charge on any atom is -0.351 e. The van der Waals surface area contributed by atoms with Gasteiger partial charge in [-0.25, -0.2) is 4.79 Å². The Morgan fingerprint density at radius 3 is 2.41 bits per heavy atom. The number of fused-ring (bicyclic) bond motifs is 1. The Morgan fingerprint density at radius 1 is 0.969 bits per heavy atom. The molecule has 166 valence electrons. The first-order valence-corrected chi connectivity index (χ1v) is 10.8. The number of carbonyl (C=O) groups is 3. The van der Waals surface area contributed by atoms with Crippen molar-refractivity contribution in [1.29, 1.82) is 0 Å². The predicted molar refractivity (Wildman–Crippen MR) is 124 cm³/mol. The molecule has 4 rings (SSSR count). The van der Waals surface area contributed by atoms with Gasteiger partial charge in [-0.05, 0) is 37.3 Å². The van der Waals surface area contributed by atoms with Crippen molar-refractivity contribution >= 4 is 46.0 Å². The predicted octanol–water partition coefficient (Wildman–Crippen LogP) is 3.32. The molecule has 0 saturated carbocycles. The number of piperazine rings is 1. The fourth-order valence-corrected chi connectivity index (χ4v) is 3.82. The molecule has 1 fully saturated rings. The van der Waals surface area contributed by atoms with Crippen molar-refractivity contribution in [2.24, 2.45) is 0 Å². The van der Waals surface area contributed by atoms with Crippen LogP contribution in [-0.2, 0) is 4.79 Å². The third-order valence-electron chi connectivity index (χ3n) is 5.44. The highest BCUT2D eigenvalue weighted by atomic mass is 35.5. The van der Waals surface area contributed by atoms with E-state index in [9.17, 15) is 14.4 Å². The number of aromatic amines is 1. The van der Waals surface area contributed by atoms with Crippen LogP contribution in [0.5, 0.6) is 0 Å². The lowest BCUT2D eigenvalue weighted by Gasteiger charge is -2.35. The second-order valence-corrected chi connectivity index (χ2v) is 8.16. The molecule has 1 aliphatic heterocycles. The first-order valence-electron chi connectivity index (χ1n) is 10.4. The number of nitrogens with zero attached hydrogens (tertiary/aromatic N) is 2. The first kappa shape index (κ1) is 21.7. The molecular formula is C23H24ClN5O3. The number of nitrogens with one attached hydrogen (secondary N) is 3. The topological polar surface area (TPSA) is 97.5 Å². The molecule has 1 atom stereocenters. The molecule has 8 nitrogen and oxygen atoms in total. The molecule has 1 aromatic heterocycles. The van der Waals surface area contributed by atoms with E-state index in [1.807, 2.05) is 30.3 Å². The van der Waals surface area contributed by atoms with Crippen molar-refractivity contribution in [3.8, 4) is 0 Å². The quantitative estimate of drug-likeness (QED) is 0.565. The maximum Gasteiger partial charge on any atom is 0.318 e. The third kappa shape index (κ3) is 4.86. The summed E-state index contributed by atoms with van der Waals surface area (Å²) >= 11 is 5.93. The zero-order valence-corrected chi connectivity index (χ0v) is 18.4. The van der Waals surface area contributed by atoms with E-state index >= 15 is 0 Å². The van der Waals surface area contributed by atoms with E-state index in [1.165, 1.54) is 0 Å². The second-order valence-electron chi connectivity index (χ2n) is 7.72. The summed E-state index contributed by atoms with van der Waals surface area (Å²) in [6.07, 6.45) is 0. The van der Waals surface area contributed by atoms with Crippen LogP contribution in [-0.4, -0.2) is 64.9 Å². The highest BCUT2D eigenvalue weighted by Gasteiger charge is 2.27. The van der Waals surface area contributed by atoms with Gasteiger partial charge in [-0.1, -0.05) is 35.9 Å². The Labute approximate surface area is 190 Å². The minimum atomic E-state index is -0.729. The Morgan fingerprint density at radius 2 is 1.69 bits per heavy atom. The van der Waals surface area contributed by atoms with E-state index in [1.54, 1.807) is 41.0 Å². The number of rotatable bonds is 4. The van der Waals surface area contributed by atoms with Gasteiger partial charge >= 0.3 is 6.03 Å². The zero-order chi connectivity index (χ0) is 22.7. The second kappa shape index (κ2) is 9.32. The maximum absolute atomic E-state index is 12.8. The number of urea groups is 1. The van der Waals surface area contributed by atoms with Crippen LogP contribution in [0.2, 0.25) is 5.02 Å². The summed E-state index contributed by atoms with van der Waals surface area (Å²) in [5.41, 5.74) is 2.02. The zero-order valence-electron chi connectivity index (χ0n) is 17.6. The van der Waals surface area contributed by atoms with Crippen LogP contribution in [0, 0.1) is 0 Å². The number of amides is 4. The normalized spacial score (nSPS) is 14.8. The number of hydrogen-bond acceptors (Lipinski definition) is 3. The van der Waals surface area contributed by atoms with Crippen molar-refractivity contribution in [1.82, 2.24) is 20.1 Å². The van der Waals surface area contributed by atoms with Gasteiger partial charge in [0.15, 0.2) is 0 Å². The van der Waals surface area contributed by atoms with Crippen LogP contribution < -0.4 is 10.6 Å². The van der Waals surface area contributed by atoms with Gasteiger partial charge in [0.1, 0.15) is 11.7 Å². The Kier molecular flexibility index (Phi) is 6.32. The van der Waals surface area contributed by atoms with Crippen LogP contribution in [0.1, 0.15) is 17.4 Å². The molecule has 4 amide bonds. The van der Waals surface area contributed by atoms with E-state index in [4.69, 9.17) is 11.6 Å². The smallest absolute Gasteiger partial charge is 0.318 e. The number of carbonyl (C=O) groups excluding carboxylic acids is 3. The largest absolute Gasteiger partial charge is 0.351 e. The van der Waals surface area contributed by atoms with Crippen molar-refractivity contribution in [2.75, 3.05) is 31.5 Å². The number of anilines is 1. The average molecular weight is 454 g/mol. The van der Waals surface area contributed by atoms with Gasteiger partial charge in [-0.3, -0.25) is 9.59 Å².